The van der Waals surface area contributed by atoms with Crippen molar-refractivity contribution < 1.29 is 13.2 Å². The largest absolute Gasteiger partial charge is 0.416 e. The quantitative estimate of drug-likeness (QED) is 0.787. The summed E-state index contributed by atoms with van der Waals surface area (Å²) in [6, 6.07) is 9.70. The second-order valence-corrected chi connectivity index (χ2v) is 3.88. The molecule has 0 fully saturated rings. The Morgan fingerprint density at radius 1 is 1.11 bits per heavy atom. The Labute approximate surface area is 107 Å². The van der Waals surface area contributed by atoms with Crippen LogP contribution in [0.3, 0.4) is 0 Å². The number of hydrogen-bond acceptors (Lipinski definition) is 3. The number of alkyl halides is 3. The predicted molar refractivity (Wildman–Crippen MR) is 64.2 cm³/mol. The van der Waals surface area contributed by atoms with Crippen molar-refractivity contribution in [1.82, 2.24) is 4.98 Å². The molecule has 0 aliphatic carbocycles. The van der Waals surface area contributed by atoms with E-state index in [4.69, 9.17) is 0 Å². The smallest absolute Gasteiger partial charge is 0.251 e. The van der Waals surface area contributed by atoms with Crippen LogP contribution < -0.4 is 0 Å². The minimum Gasteiger partial charge on any atom is -0.251 e. The lowest BCUT2D eigenvalue weighted by Gasteiger charge is -2.08. The maximum Gasteiger partial charge on any atom is 0.416 e. The van der Waals surface area contributed by atoms with Gasteiger partial charge >= 0.3 is 6.18 Å². The van der Waals surface area contributed by atoms with Gasteiger partial charge in [-0.1, -0.05) is 23.4 Å². The molecule has 0 spiro atoms. The van der Waals surface area contributed by atoms with Crippen molar-refractivity contribution in [2.75, 3.05) is 0 Å². The third-order valence-corrected chi connectivity index (χ3v) is 2.52. The van der Waals surface area contributed by atoms with Gasteiger partial charge in [0.1, 0.15) is 6.54 Å². The Morgan fingerprint density at radius 3 is 2.53 bits per heavy atom. The van der Waals surface area contributed by atoms with E-state index in [1.165, 1.54) is 12.1 Å². The molecule has 0 aliphatic heterocycles. The van der Waals surface area contributed by atoms with Crippen molar-refractivity contribution in [3.8, 4) is 11.3 Å². The van der Waals surface area contributed by atoms with Crippen molar-refractivity contribution in [1.29, 1.82) is 0 Å². The summed E-state index contributed by atoms with van der Waals surface area (Å²) in [6.07, 6.45) is -4.39. The van der Waals surface area contributed by atoms with Crippen LogP contribution >= 0.6 is 0 Å². The van der Waals surface area contributed by atoms with Crippen LogP contribution in [0, 0.1) is 4.91 Å². The second-order valence-electron chi connectivity index (χ2n) is 3.88. The first-order chi connectivity index (χ1) is 9.00. The summed E-state index contributed by atoms with van der Waals surface area (Å²) < 4.78 is 37.8. The normalized spacial score (nSPS) is 11.3. The van der Waals surface area contributed by atoms with E-state index in [1.807, 2.05) is 0 Å². The minimum absolute atomic E-state index is 0.104. The molecule has 0 saturated heterocycles. The Hall–Kier alpha value is -2.24. The average molecular weight is 266 g/mol. The van der Waals surface area contributed by atoms with Crippen molar-refractivity contribution in [2.45, 2.75) is 12.7 Å². The molecular weight excluding hydrogens is 257 g/mol. The molecule has 0 unspecified atom stereocenters. The van der Waals surface area contributed by atoms with E-state index < -0.39 is 11.7 Å². The number of halogens is 3. The zero-order valence-electron chi connectivity index (χ0n) is 9.69. The van der Waals surface area contributed by atoms with Gasteiger partial charge in [-0.05, 0) is 24.3 Å². The lowest BCUT2D eigenvalue weighted by Crippen LogP contribution is -2.04. The fourth-order valence-electron chi connectivity index (χ4n) is 1.65. The third-order valence-electron chi connectivity index (χ3n) is 2.52. The number of nitroso groups, excluding NO2 is 1. The minimum atomic E-state index is -4.39. The number of nitrogens with zero attached hydrogens (tertiary/aromatic N) is 2. The molecule has 6 heteroatoms. The molecule has 2 rings (SSSR count). The van der Waals surface area contributed by atoms with Crippen LogP contribution in [-0.4, -0.2) is 4.98 Å². The van der Waals surface area contributed by atoms with Gasteiger partial charge in [0.25, 0.3) is 0 Å². The number of aromatic nitrogens is 1. The molecule has 1 aromatic heterocycles. The molecule has 0 atom stereocenters. The van der Waals surface area contributed by atoms with Crippen LogP contribution in [0.15, 0.2) is 47.6 Å². The first kappa shape index (κ1) is 13.2. The highest BCUT2D eigenvalue weighted by atomic mass is 19.4. The van der Waals surface area contributed by atoms with Gasteiger partial charge in [-0.3, -0.25) is 4.98 Å². The molecule has 0 N–H and O–H groups in total. The van der Waals surface area contributed by atoms with E-state index in [0.717, 1.165) is 12.1 Å². The molecule has 0 radical (unpaired) electrons. The zero-order valence-corrected chi connectivity index (χ0v) is 9.69. The summed E-state index contributed by atoms with van der Waals surface area (Å²) in [5, 5.41) is 2.71. The molecule has 0 bridgehead atoms. The Morgan fingerprint density at radius 2 is 1.84 bits per heavy atom. The SMILES string of the molecule is O=NCc1cccc(-c2cccc(C(F)(F)F)c2)n1. The van der Waals surface area contributed by atoms with Crippen molar-refractivity contribution >= 4 is 0 Å². The Bertz CT molecular complexity index is 596. The fraction of sp³-hybridized carbons (Fsp3) is 0.154. The van der Waals surface area contributed by atoms with Crippen LogP contribution in [0.25, 0.3) is 11.3 Å². The highest BCUT2D eigenvalue weighted by molar-refractivity contribution is 5.60. The van der Waals surface area contributed by atoms with Gasteiger partial charge in [-0.25, -0.2) is 0 Å². The number of hydrogen-bond donors (Lipinski definition) is 0. The van der Waals surface area contributed by atoms with Gasteiger partial charge in [0.05, 0.1) is 17.0 Å². The van der Waals surface area contributed by atoms with Crippen molar-refractivity contribution in [2.24, 2.45) is 5.18 Å². The summed E-state index contributed by atoms with van der Waals surface area (Å²) in [5.41, 5.74) is 0.422. The van der Waals surface area contributed by atoms with E-state index in [9.17, 15) is 18.1 Å². The van der Waals surface area contributed by atoms with Crippen LogP contribution in [0.1, 0.15) is 11.3 Å². The Kier molecular flexibility index (Phi) is 3.59. The molecule has 1 aromatic carbocycles. The van der Waals surface area contributed by atoms with Gasteiger partial charge < -0.3 is 0 Å². The molecule has 19 heavy (non-hydrogen) atoms. The topological polar surface area (TPSA) is 42.3 Å². The highest BCUT2D eigenvalue weighted by Gasteiger charge is 2.30. The Balaban J connectivity index is 2.41. The summed E-state index contributed by atoms with van der Waals surface area (Å²) in [7, 11) is 0. The maximum absolute atomic E-state index is 12.6. The zero-order chi connectivity index (χ0) is 13.9. The first-order valence-corrected chi connectivity index (χ1v) is 5.43. The highest BCUT2D eigenvalue weighted by Crippen LogP contribution is 2.31. The molecule has 2 aromatic rings. The molecular formula is C13H9F3N2O. The van der Waals surface area contributed by atoms with E-state index >= 15 is 0 Å². The summed E-state index contributed by atoms with van der Waals surface area (Å²) in [6.45, 7) is -0.104. The third kappa shape index (κ3) is 3.15. The van der Waals surface area contributed by atoms with Gasteiger partial charge in [-0.2, -0.15) is 18.1 Å². The number of rotatable bonds is 3. The molecule has 0 amide bonds. The van der Waals surface area contributed by atoms with Crippen molar-refractivity contribution in [3.63, 3.8) is 0 Å². The molecule has 0 saturated carbocycles. The van der Waals surface area contributed by atoms with Crippen LogP contribution in [0.5, 0.6) is 0 Å². The lowest BCUT2D eigenvalue weighted by atomic mass is 10.1. The van der Waals surface area contributed by atoms with Gasteiger partial charge in [0.2, 0.25) is 0 Å². The van der Waals surface area contributed by atoms with Crippen molar-refractivity contribution in [3.05, 3.63) is 58.6 Å². The van der Waals surface area contributed by atoms with E-state index in [2.05, 4.69) is 10.2 Å². The van der Waals surface area contributed by atoms with Gasteiger partial charge in [0, 0.05) is 5.56 Å². The first-order valence-electron chi connectivity index (χ1n) is 5.43. The molecule has 3 nitrogen and oxygen atoms in total. The average Bonchev–Trinajstić information content (AvgIpc) is 2.39. The summed E-state index contributed by atoms with van der Waals surface area (Å²) in [5.74, 6) is 0. The maximum atomic E-state index is 12.6. The number of benzene rings is 1. The van der Waals surface area contributed by atoms with Gasteiger partial charge in [-0.15, -0.1) is 0 Å². The second kappa shape index (κ2) is 5.17. The van der Waals surface area contributed by atoms with E-state index in [-0.39, 0.29) is 6.54 Å². The number of pyridine rings is 1. The summed E-state index contributed by atoms with van der Waals surface area (Å²) in [4.78, 5) is 14.3. The monoisotopic (exact) mass is 266 g/mol. The van der Waals surface area contributed by atoms with E-state index in [0.29, 0.717) is 17.0 Å². The van der Waals surface area contributed by atoms with Crippen LogP contribution in [0.2, 0.25) is 0 Å². The molecule has 1 heterocycles. The summed E-state index contributed by atoms with van der Waals surface area (Å²) >= 11 is 0. The van der Waals surface area contributed by atoms with Crippen LogP contribution in [0.4, 0.5) is 13.2 Å². The van der Waals surface area contributed by atoms with Gasteiger partial charge in [0.15, 0.2) is 0 Å². The molecule has 98 valence electrons. The van der Waals surface area contributed by atoms with E-state index in [1.54, 1.807) is 18.2 Å². The lowest BCUT2D eigenvalue weighted by molar-refractivity contribution is -0.137. The van der Waals surface area contributed by atoms with Crippen LogP contribution in [-0.2, 0) is 12.7 Å². The fourth-order valence-corrected chi connectivity index (χ4v) is 1.65. The molecule has 0 aliphatic rings. The predicted octanol–water partition coefficient (Wildman–Crippen LogP) is 4.03. The standard InChI is InChI=1S/C13H9F3N2O/c14-13(15,16)10-4-1-3-9(7-10)12-6-2-5-11(18-12)8-17-19/h1-7H,8H2.